The summed E-state index contributed by atoms with van der Waals surface area (Å²) in [4.78, 5) is 12.5. The zero-order valence-corrected chi connectivity index (χ0v) is 9.50. The predicted octanol–water partition coefficient (Wildman–Crippen LogP) is 2.27. The Hall–Kier alpha value is -1.13. The average Bonchev–Trinajstić information content (AvgIpc) is 2.63. The van der Waals surface area contributed by atoms with Crippen LogP contribution in [0, 0.1) is 0 Å². The van der Waals surface area contributed by atoms with E-state index in [2.05, 4.69) is 15.0 Å². The van der Waals surface area contributed by atoms with Gasteiger partial charge in [-0.3, -0.25) is 0 Å². The van der Waals surface area contributed by atoms with Gasteiger partial charge in [0.25, 0.3) is 0 Å². The van der Waals surface area contributed by atoms with Gasteiger partial charge >= 0.3 is 0 Å². The largest absolute Gasteiger partial charge is 0.331 e. The molecule has 2 aromatic heterocycles. The second kappa shape index (κ2) is 4.16. The van der Waals surface area contributed by atoms with Crippen LogP contribution in [0.2, 0.25) is 5.15 Å². The first-order valence-electron chi connectivity index (χ1n) is 4.28. The topological polar surface area (TPSA) is 43.6 Å². The predicted molar refractivity (Wildman–Crippen MR) is 58.8 cm³/mol. The molecule has 0 atom stereocenters. The maximum Gasteiger partial charge on any atom is 0.197 e. The van der Waals surface area contributed by atoms with Gasteiger partial charge < -0.3 is 4.57 Å². The van der Waals surface area contributed by atoms with Crippen LogP contribution in [0.4, 0.5) is 0 Å². The summed E-state index contributed by atoms with van der Waals surface area (Å²) in [7, 11) is 1.87. The third kappa shape index (κ3) is 2.11. The third-order valence-electron chi connectivity index (χ3n) is 1.91. The SMILES string of the molecule is Cn1ccnc1-c1nc(Cl)cc(CCl)n1. The van der Waals surface area contributed by atoms with E-state index in [9.17, 15) is 0 Å². The number of halogens is 2. The fourth-order valence-electron chi connectivity index (χ4n) is 1.21. The highest BCUT2D eigenvalue weighted by Gasteiger charge is 2.09. The fraction of sp³-hybridized carbons (Fsp3) is 0.222. The zero-order chi connectivity index (χ0) is 10.8. The van der Waals surface area contributed by atoms with Crippen molar-refractivity contribution < 1.29 is 0 Å². The number of hydrogen-bond donors (Lipinski definition) is 0. The number of aryl methyl sites for hydroxylation is 1. The van der Waals surface area contributed by atoms with Crippen molar-refractivity contribution in [2.75, 3.05) is 0 Å². The molecule has 0 aliphatic carbocycles. The lowest BCUT2D eigenvalue weighted by molar-refractivity contribution is 0.901. The Kier molecular flexibility index (Phi) is 2.88. The van der Waals surface area contributed by atoms with Gasteiger partial charge in [0.15, 0.2) is 11.6 Å². The molecule has 0 aliphatic heterocycles. The summed E-state index contributed by atoms with van der Waals surface area (Å²) in [5.41, 5.74) is 0.690. The van der Waals surface area contributed by atoms with E-state index < -0.39 is 0 Å². The van der Waals surface area contributed by atoms with Gasteiger partial charge in [0.2, 0.25) is 0 Å². The molecule has 0 N–H and O–H groups in total. The molecule has 6 heteroatoms. The van der Waals surface area contributed by atoms with Gasteiger partial charge in [-0.1, -0.05) is 11.6 Å². The molecule has 0 unspecified atom stereocenters. The summed E-state index contributed by atoms with van der Waals surface area (Å²) in [6, 6.07) is 1.64. The van der Waals surface area contributed by atoms with Gasteiger partial charge in [0.05, 0.1) is 11.6 Å². The molecule has 2 heterocycles. The van der Waals surface area contributed by atoms with Crippen molar-refractivity contribution in [3.05, 3.63) is 29.3 Å². The molecular weight excluding hydrogens is 235 g/mol. The van der Waals surface area contributed by atoms with Gasteiger partial charge in [-0.2, -0.15) is 0 Å². The summed E-state index contributed by atoms with van der Waals surface area (Å²) >= 11 is 11.5. The van der Waals surface area contributed by atoms with Crippen LogP contribution in [0.5, 0.6) is 0 Å². The molecule has 15 heavy (non-hydrogen) atoms. The summed E-state index contributed by atoms with van der Waals surface area (Å²) in [5.74, 6) is 1.47. The van der Waals surface area contributed by atoms with E-state index in [-0.39, 0.29) is 0 Å². The lowest BCUT2D eigenvalue weighted by atomic mass is 10.4. The number of nitrogens with zero attached hydrogens (tertiary/aromatic N) is 4. The molecule has 0 aromatic carbocycles. The summed E-state index contributed by atoms with van der Waals surface area (Å²) in [6.45, 7) is 0. The van der Waals surface area contributed by atoms with Gasteiger partial charge in [-0.25, -0.2) is 15.0 Å². The maximum absolute atomic E-state index is 5.85. The summed E-state index contributed by atoms with van der Waals surface area (Å²) in [5, 5.41) is 0.374. The molecule has 0 spiro atoms. The molecule has 2 rings (SSSR count). The Morgan fingerprint density at radius 1 is 1.40 bits per heavy atom. The molecule has 0 saturated heterocycles. The maximum atomic E-state index is 5.85. The lowest BCUT2D eigenvalue weighted by Crippen LogP contribution is -1.99. The van der Waals surface area contributed by atoms with E-state index in [0.29, 0.717) is 28.4 Å². The zero-order valence-electron chi connectivity index (χ0n) is 7.98. The van der Waals surface area contributed by atoms with Gasteiger partial charge in [-0.15, -0.1) is 11.6 Å². The van der Waals surface area contributed by atoms with Crippen LogP contribution >= 0.6 is 23.2 Å². The van der Waals surface area contributed by atoms with Crippen molar-refractivity contribution in [2.45, 2.75) is 5.88 Å². The molecule has 0 amide bonds. The van der Waals surface area contributed by atoms with E-state index in [1.165, 1.54) is 0 Å². The highest BCUT2D eigenvalue weighted by Crippen LogP contribution is 2.16. The average molecular weight is 243 g/mol. The van der Waals surface area contributed by atoms with Gasteiger partial charge in [-0.05, 0) is 6.07 Å². The smallest absolute Gasteiger partial charge is 0.197 e. The fourth-order valence-corrected chi connectivity index (χ4v) is 1.56. The first-order valence-corrected chi connectivity index (χ1v) is 5.19. The van der Waals surface area contributed by atoms with Gasteiger partial charge in [0, 0.05) is 19.4 Å². The van der Waals surface area contributed by atoms with Crippen LogP contribution in [-0.4, -0.2) is 19.5 Å². The van der Waals surface area contributed by atoms with Crippen molar-refractivity contribution in [2.24, 2.45) is 7.05 Å². The molecule has 0 saturated carbocycles. The summed E-state index contributed by atoms with van der Waals surface area (Å²) < 4.78 is 1.82. The van der Waals surface area contributed by atoms with Crippen molar-refractivity contribution >= 4 is 23.2 Å². The highest BCUT2D eigenvalue weighted by molar-refractivity contribution is 6.29. The van der Waals surface area contributed by atoms with E-state index in [0.717, 1.165) is 0 Å². The number of alkyl halides is 1. The molecule has 0 aliphatic rings. The van der Waals surface area contributed by atoms with E-state index in [4.69, 9.17) is 23.2 Å². The van der Waals surface area contributed by atoms with Crippen molar-refractivity contribution in [1.82, 2.24) is 19.5 Å². The quantitative estimate of drug-likeness (QED) is 0.600. The van der Waals surface area contributed by atoms with Crippen LogP contribution < -0.4 is 0 Å². The standard InChI is InChI=1S/C9H8Cl2N4/c1-15-3-2-12-9(15)8-13-6(5-10)4-7(11)14-8/h2-4H,5H2,1H3. The van der Waals surface area contributed by atoms with E-state index in [1.54, 1.807) is 12.3 Å². The Balaban J connectivity index is 2.53. The highest BCUT2D eigenvalue weighted by atomic mass is 35.5. The first kappa shape index (κ1) is 10.4. The van der Waals surface area contributed by atoms with Crippen molar-refractivity contribution in [1.29, 1.82) is 0 Å². The number of imidazole rings is 1. The Morgan fingerprint density at radius 2 is 2.20 bits per heavy atom. The monoisotopic (exact) mass is 242 g/mol. The number of hydrogen-bond acceptors (Lipinski definition) is 3. The first-order chi connectivity index (χ1) is 7.20. The van der Waals surface area contributed by atoms with Crippen LogP contribution in [0.15, 0.2) is 18.5 Å². The Labute approximate surface area is 96.9 Å². The van der Waals surface area contributed by atoms with E-state index in [1.807, 2.05) is 17.8 Å². The molecule has 4 nitrogen and oxygen atoms in total. The summed E-state index contributed by atoms with van der Waals surface area (Å²) in [6.07, 6.45) is 3.50. The molecular formula is C9H8Cl2N4. The van der Waals surface area contributed by atoms with E-state index >= 15 is 0 Å². The lowest BCUT2D eigenvalue weighted by Gasteiger charge is -2.02. The van der Waals surface area contributed by atoms with Crippen LogP contribution in [0.1, 0.15) is 5.69 Å². The molecule has 78 valence electrons. The second-order valence-electron chi connectivity index (χ2n) is 3.00. The Morgan fingerprint density at radius 3 is 2.80 bits per heavy atom. The van der Waals surface area contributed by atoms with Crippen molar-refractivity contribution in [3.63, 3.8) is 0 Å². The number of aromatic nitrogens is 4. The molecule has 0 bridgehead atoms. The Bertz CT molecular complexity index is 481. The van der Waals surface area contributed by atoms with Gasteiger partial charge in [0.1, 0.15) is 5.15 Å². The number of rotatable bonds is 2. The van der Waals surface area contributed by atoms with Crippen molar-refractivity contribution in [3.8, 4) is 11.6 Å². The minimum Gasteiger partial charge on any atom is -0.331 e. The minimum absolute atomic E-state index is 0.305. The second-order valence-corrected chi connectivity index (χ2v) is 3.66. The van der Waals surface area contributed by atoms with Crippen LogP contribution in [0.25, 0.3) is 11.6 Å². The molecule has 2 aromatic rings. The normalized spacial score (nSPS) is 10.6. The molecule has 0 fully saturated rings. The third-order valence-corrected chi connectivity index (χ3v) is 2.37. The van der Waals surface area contributed by atoms with Crippen LogP contribution in [0.3, 0.4) is 0 Å². The van der Waals surface area contributed by atoms with Crippen LogP contribution in [-0.2, 0) is 12.9 Å². The minimum atomic E-state index is 0.305. The molecule has 0 radical (unpaired) electrons.